The number of hydrogen-bond acceptors (Lipinski definition) is 2. The first-order valence-corrected chi connectivity index (χ1v) is 2.27. The molecule has 6 heavy (non-hydrogen) atoms. The fraction of sp³-hybridized carbons (Fsp3) is 1.00. The van der Waals surface area contributed by atoms with Crippen molar-refractivity contribution in [1.29, 1.82) is 0 Å². The number of rotatable bonds is 1. The first kappa shape index (κ1) is 9.78. The summed E-state index contributed by atoms with van der Waals surface area (Å²) in [5.74, 6) is 0.778. The van der Waals surface area contributed by atoms with Gasteiger partial charge in [-0.1, -0.05) is 0 Å². The normalized spacial score (nSPS) is 12.5. The van der Waals surface area contributed by atoms with E-state index in [2.05, 4.69) is 12.6 Å². The van der Waals surface area contributed by atoms with E-state index in [1.807, 2.05) is 6.92 Å². The standard InChI is InChI=1S/C3H9NS.ClH/c1-3(4)2-5;/h3,5H,2,4H2,1H3;1H/t3-;/m1./s1. The lowest BCUT2D eigenvalue weighted by atomic mass is 10.4. The molecule has 0 saturated heterocycles. The quantitative estimate of drug-likeness (QED) is 0.498. The molecule has 0 fully saturated rings. The van der Waals surface area contributed by atoms with Gasteiger partial charge in [0.05, 0.1) is 0 Å². The second-order valence-corrected chi connectivity index (χ2v) is 1.53. The van der Waals surface area contributed by atoms with Crippen molar-refractivity contribution in [3.8, 4) is 0 Å². The Bertz CT molecular complexity index is 24.8. The van der Waals surface area contributed by atoms with Crippen molar-refractivity contribution in [3.05, 3.63) is 0 Å². The molecule has 1 atom stereocenters. The van der Waals surface area contributed by atoms with Crippen LogP contribution >= 0.6 is 25.0 Å². The van der Waals surface area contributed by atoms with Crippen LogP contribution in [0.2, 0.25) is 0 Å². The highest BCUT2D eigenvalue weighted by Gasteiger charge is 1.80. The van der Waals surface area contributed by atoms with E-state index in [9.17, 15) is 0 Å². The van der Waals surface area contributed by atoms with Crippen LogP contribution in [0, 0.1) is 0 Å². The van der Waals surface area contributed by atoms with Crippen LogP contribution in [0.15, 0.2) is 0 Å². The molecule has 0 heterocycles. The van der Waals surface area contributed by atoms with E-state index in [1.54, 1.807) is 0 Å². The molecule has 0 saturated carbocycles. The molecule has 1 nitrogen and oxygen atoms in total. The highest BCUT2D eigenvalue weighted by Crippen LogP contribution is 1.75. The van der Waals surface area contributed by atoms with Gasteiger partial charge >= 0.3 is 0 Å². The predicted molar refractivity (Wildman–Crippen MR) is 34.8 cm³/mol. The van der Waals surface area contributed by atoms with Crippen molar-refractivity contribution < 1.29 is 0 Å². The molecule has 0 unspecified atom stereocenters. The van der Waals surface area contributed by atoms with Gasteiger partial charge in [-0.05, 0) is 6.92 Å². The summed E-state index contributed by atoms with van der Waals surface area (Å²) in [5, 5.41) is 0. The van der Waals surface area contributed by atoms with Crippen LogP contribution in [0.4, 0.5) is 0 Å². The summed E-state index contributed by atoms with van der Waals surface area (Å²) >= 11 is 3.89. The van der Waals surface area contributed by atoms with Crippen LogP contribution in [0.3, 0.4) is 0 Å². The van der Waals surface area contributed by atoms with Crippen molar-refractivity contribution in [2.75, 3.05) is 5.75 Å². The highest BCUT2D eigenvalue weighted by atomic mass is 35.5. The van der Waals surface area contributed by atoms with Crippen molar-refractivity contribution in [2.24, 2.45) is 5.73 Å². The molecule has 0 aliphatic rings. The smallest absolute Gasteiger partial charge is 0.00989 e. The number of halogens is 1. The zero-order chi connectivity index (χ0) is 4.28. The van der Waals surface area contributed by atoms with Gasteiger partial charge < -0.3 is 5.73 Å². The molecule has 0 bridgehead atoms. The minimum absolute atomic E-state index is 0. The summed E-state index contributed by atoms with van der Waals surface area (Å²) in [6, 6.07) is 0.248. The molecule has 2 N–H and O–H groups in total. The average Bonchev–Trinajstić information content (AvgIpc) is 1.38. The highest BCUT2D eigenvalue weighted by molar-refractivity contribution is 7.80. The number of thiol groups is 1. The lowest BCUT2D eigenvalue weighted by Crippen LogP contribution is -2.15. The topological polar surface area (TPSA) is 26.0 Å². The molecule has 0 spiro atoms. The summed E-state index contributed by atoms with van der Waals surface area (Å²) in [6.07, 6.45) is 0. The average molecular weight is 128 g/mol. The fourth-order valence-electron chi connectivity index (χ4n) is 0. The molecule has 0 radical (unpaired) electrons. The molecule has 0 aliphatic heterocycles. The lowest BCUT2D eigenvalue weighted by molar-refractivity contribution is 0.850. The molecular formula is C3H10ClNS. The van der Waals surface area contributed by atoms with E-state index in [-0.39, 0.29) is 18.4 Å². The monoisotopic (exact) mass is 127 g/mol. The number of hydrogen-bond donors (Lipinski definition) is 2. The van der Waals surface area contributed by atoms with Gasteiger partial charge in [-0.25, -0.2) is 0 Å². The van der Waals surface area contributed by atoms with Crippen LogP contribution in [0.5, 0.6) is 0 Å². The first-order chi connectivity index (χ1) is 2.27. The first-order valence-electron chi connectivity index (χ1n) is 1.64. The molecule has 0 aromatic rings. The van der Waals surface area contributed by atoms with E-state index >= 15 is 0 Å². The minimum Gasteiger partial charge on any atom is -0.327 e. The Morgan fingerprint density at radius 3 is 2.00 bits per heavy atom. The summed E-state index contributed by atoms with van der Waals surface area (Å²) in [7, 11) is 0. The third-order valence-electron chi connectivity index (χ3n) is 0.288. The SMILES string of the molecule is C[C@@H](N)CS.Cl. The van der Waals surface area contributed by atoms with Crippen LogP contribution < -0.4 is 5.73 Å². The van der Waals surface area contributed by atoms with Crippen LogP contribution in [0.25, 0.3) is 0 Å². The third-order valence-corrected chi connectivity index (χ3v) is 0.864. The van der Waals surface area contributed by atoms with Gasteiger partial charge in [-0.3, -0.25) is 0 Å². The van der Waals surface area contributed by atoms with Crippen LogP contribution in [-0.4, -0.2) is 11.8 Å². The Hall–Kier alpha value is 0.600. The van der Waals surface area contributed by atoms with E-state index in [0.29, 0.717) is 0 Å². The van der Waals surface area contributed by atoms with E-state index in [4.69, 9.17) is 5.73 Å². The molecule has 0 aliphatic carbocycles. The van der Waals surface area contributed by atoms with Crippen molar-refractivity contribution in [3.63, 3.8) is 0 Å². The molecule has 0 aromatic heterocycles. The van der Waals surface area contributed by atoms with Gasteiger partial charge in [0.1, 0.15) is 0 Å². The Morgan fingerprint density at radius 1 is 1.83 bits per heavy atom. The third kappa shape index (κ3) is 8.82. The maximum atomic E-state index is 5.22. The molecular weight excluding hydrogens is 118 g/mol. The minimum atomic E-state index is 0. The van der Waals surface area contributed by atoms with Crippen molar-refractivity contribution >= 4 is 25.0 Å². The van der Waals surface area contributed by atoms with E-state index in [0.717, 1.165) is 5.75 Å². The van der Waals surface area contributed by atoms with Crippen LogP contribution in [-0.2, 0) is 0 Å². The van der Waals surface area contributed by atoms with Gasteiger partial charge in [0.25, 0.3) is 0 Å². The van der Waals surface area contributed by atoms with Crippen LogP contribution in [0.1, 0.15) is 6.92 Å². The van der Waals surface area contributed by atoms with E-state index < -0.39 is 0 Å². The summed E-state index contributed by atoms with van der Waals surface area (Å²) in [4.78, 5) is 0. The van der Waals surface area contributed by atoms with Gasteiger partial charge in [0, 0.05) is 11.8 Å². The summed E-state index contributed by atoms with van der Waals surface area (Å²) < 4.78 is 0. The second kappa shape index (κ2) is 5.60. The van der Waals surface area contributed by atoms with Gasteiger partial charge in [0.2, 0.25) is 0 Å². The van der Waals surface area contributed by atoms with Gasteiger partial charge in [-0.15, -0.1) is 12.4 Å². The number of nitrogens with two attached hydrogens (primary N) is 1. The Labute approximate surface area is 50.1 Å². The molecule has 3 heteroatoms. The summed E-state index contributed by atoms with van der Waals surface area (Å²) in [6.45, 7) is 1.92. The lowest BCUT2D eigenvalue weighted by Gasteiger charge is -1.91. The largest absolute Gasteiger partial charge is 0.327 e. The predicted octanol–water partition coefficient (Wildman–Crippen LogP) is 0.685. The summed E-state index contributed by atoms with van der Waals surface area (Å²) in [5.41, 5.74) is 5.22. The Morgan fingerprint density at radius 2 is 2.00 bits per heavy atom. The van der Waals surface area contributed by atoms with Gasteiger partial charge in [0.15, 0.2) is 0 Å². The Kier molecular flexibility index (Phi) is 9.13. The molecule has 40 valence electrons. The molecule has 0 aromatic carbocycles. The molecule has 0 amide bonds. The fourth-order valence-corrected chi connectivity index (χ4v) is 0. The van der Waals surface area contributed by atoms with Crippen molar-refractivity contribution in [1.82, 2.24) is 0 Å². The van der Waals surface area contributed by atoms with Gasteiger partial charge in [-0.2, -0.15) is 12.6 Å². The molecule has 0 rings (SSSR count). The second-order valence-electron chi connectivity index (χ2n) is 1.16. The zero-order valence-electron chi connectivity index (χ0n) is 3.72. The van der Waals surface area contributed by atoms with E-state index in [1.165, 1.54) is 0 Å². The zero-order valence-corrected chi connectivity index (χ0v) is 5.43. The Balaban J connectivity index is 0. The maximum Gasteiger partial charge on any atom is 0.00989 e. The maximum absolute atomic E-state index is 5.22. The van der Waals surface area contributed by atoms with Crippen molar-refractivity contribution in [2.45, 2.75) is 13.0 Å².